The molecule has 0 atom stereocenters. The van der Waals surface area contributed by atoms with Crippen LogP contribution in [0.5, 0.6) is 0 Å². The van der Waals surface area contributed by atoms with Gasteiger partial charge in [-0.1, -0.05) is 6.07 Å². The molecule has 1 amide bonds. The summed E-state index contributed by atoms with van der Waals surface area (Å²) in [6, 6.07) is 9.30. The summed E-state index contributed by atoms with van der Waals surface area (Å²) in [5, 5.41) is 9.90. The third kappa shape index (κ3) is 4.20. The minimum atomic E-state index is -0.156. The van der Waals surface area contributed by atoms with Gasteiger partial charge in [-0.3, -0.25) is 4.79 Å². The van der Waals surface area contributed by atoms with E-state index in [0.29, 0.717) is 28.5 Å². The average Bonchev–Trinajstić information content (AvgIpc) is 3.21. The molecule has 0 aliphatic heterocycles. The van der Waals surface area contributed by atoms with E-state index in [0.717, 1.165) is 22.3 Å². The Kier molecular flexibility index (Phi) is 5.68. The van der Waals surface area contributed by atoms with E-state index in [-0.39, 0.29) is 11.9 Å². The van der Waals surface area contributed by atoms with Gasteiger partial charge in [0.15, 0.2) is 0 Å². The van der Waals surface area contributed by atoms with Crippen molar-refractivity contribution in [2.75, 3.05) is 17.7 Å². The van der Waals surface area contributed by atoms with Crippen LogP contribution in [-0.2, 0) is 0 Å². The Morgan fingerprint density at radius 2 is 2.00 bits per heavy atom. The molecule has 0 unspecified atom stereocenters. The molecule has 0 radical (unpaired) electrons. The highest BCUT2D eigenvalue weighted by molar-refractivity contribution is 5.98. The molecular weight excluding hydrogens is 404 g/mol. The highest BCUT2D eigenvalue weighted by atomic mass is 16.1. The third-order valence-corrected chi connectivity index (χ3v) is 4.73. The summed E-state index contributed by atoms with van der Waals surface area (Å²) in [5.74, 6) is 0.307. The molecule has 0 saturated carbocycles. The van der Waals surface area contributed by atoms with E-state index in [1.165, 1.54) is 6.20 Å². The Labute approximate surface area is 185 Å². The lowest BCUT2D eigenvalue weighted by Crippen LogP contribution is -2.17. The van der Waals surface area contributed by atoms with Crippen LogP contribution in [-0.4, -0.2) is 38.9 Å². The number of hydrogen-bond acceptors (Lipinski definition) is 6. The van der Waals surface area contributed by atoms with Crippen molar-refractivity contribution in [2.45, 2.75) is 19.9 Å². The van der Waals surface area contributed by atoms with Gasteiger partial charge in [-0.15, -0.1) is 0 Å². The van der Waals surface area contributed by atoms with Crippen molar-refractivity contribution in [3.63, 3.8) is 0 Å². The molecule has 9 nitrogen and oxygen atoms in total. The smallest absolute Gasteiger partial charge is 0.251 e. The van der Waals surface area contributed by atoms with E-state index >= 15 is 0 Å². The summed E-state index contributed by atoms with van der Waals surface area (Å²) in [6.45, 7) is 11.5. The van der Waals surface area contributed by atoms with Crippen LogP contribution in [0.15, 0.2) is 48.9 Å². The zero-order valence-corrected chi connectivity index (χ0v) is 17.9. The maximum absolute atomic E-state index is 11.9. The van der Waals surface area contributed by atoms with E-state index in [4.69, 9.17) is 6.57 Å². The van der Waals surface area contributed by atoms with Crippen LogP contribution in [0.25, 0.3) is 27.1 Å². The standard InChI is InChI=1S/C23H22N8O/c1-13(2)29-23-28-12-19(24-3)20(31-23)18-11-27-21-17(18)9-16(10-26-21)30-15-7-5-6-14(8-15)22(32)25-4/h5-13,30H,1-2,4H3,(H,25,32)(H,26,27)(H,28,29,31). The summed E-state index contributed by atoms with van der Waals surface area (Å²) < 4.78 is 0. The Morgan fingerprint density at radius 3 is 2.75 bits per heavy atom. The lowest BCUT2D eigenvalue weighted by molar-refractivity contribution is 0.0963. The number of hydrogen-bond donors (Lipinski definition) is 4. The summed E-state index contributed by atoms with van der Waals surface area (Å²) in [6.07, 6.45) is 5.03. The molecular formula is C23H22N8O. The van der Waals surface area contributed by atoms with Gasteiger partial charge in [-0.25, -0.2) is 19.8 Å². The molecule has 4 N–H and O–H groups in total. The molecule has 9 heteroatoms. The van der Waals surface area contributed by atoms with Gasteiger partial charge in [0.1, 0.15) is 5.65 Å². The highest BCUT2D eigenvalue weighted by Crippen LogP contribution is 2.35. The molecule has 32 heavy (non-hydrogen) atoms. The monoisotopic (exact) mass is 426 g/mol. The summed E-state index contributed by atoms with van der Waals surface area (Å²) >= 11 is 0. The molecule has 160 valence electrons. The maximum atomic E-state index is 11.9. The number of carbonyl (C=O) groups excluding carboxylic acids is 1. The van der Waals surface area contributed by atoms with Crippen molar-refractivity contribution in [2.24, 2.45) is 0 Å². The predicted molar refractivity (Wildman–Crippen MR) is 125 cm³/mol. The van der Waals surface area contributed by atoms with Crippen molar-refractivity contribution in [1.29, 1.82) is 0 Å². The summed E-state index contributed by atoms with van der Waals surface area (Å²) in [5.41, 5.74) is 4.39. The minimum absolute atomic E-state index is 0.156. The Morgan fingerprint density at radius 1 is 1.16 bits per heavy atom. The van der Waals surface area contributed by atoms with Gasteiger partial charge in [0.25, 0.3) is 5.91 Å². The van der Waals surface area contributed by atoms with Crippen LogP contribution in [0.1, 0.15) is 24.2 Å². The molecule has 0 aliphatic carbocycles. The van der Waals surface area contributed by atoms with Gasteiger partial charge >= 0.3 is 0 Å². The van der Waals surface area contributed by atoms with Gasteiger partial charge in [0, 0.05) is 47.7 Å². The van der Waals surface area contributed by atoms with Gasteiger partial charge in [0.05, 0.1) is 24.2 Å². The Balaban J connectivity index is 1.73. The second-order valence-electron chi connectivity index (χ2n) is 7.45. The topological polar surface area (TPSA) is 112 Å². The van der Waals surface area contributed by atoms with E-state index in [1.807, 2.05) is 32.0 Å². The van der Waals surface area contributed by atoms with Gasteiger partial charge in [-0.05, 0) is 38.1 Å². The Bertz CT molecular complexity index is 1340. The average molecular weight is 426 g/mol. The number of carbonyl (C=O) groups is 1. The zero-order chi connectivity index (χ0) is 22.7. The van der Waals surface area contributed by atoms with Crippen LogP contribution in [0.2, 0.25) is 0 Å². The fourth-order valence-corrected chi connectivity index (χ4v) is 3.30. The first kappa shape index (κ1) is 20.8. The number of aromatic nitrogens is 4. The van der Waals surface area contributed by atoms with Crippen LogP contribution in [0.4, 0.5) is 23.0 Å². The number of benzene rings is 1. The largest absolute Gasteiger partial charge is 0.355 e. The van der Waals surface area contributed by atoms with Crippen molar-refractivity contribution >= 4 is 40.0 Å². The first-order valence-electron chi connectivity index (χ1n) is 10.1. The lowest BCUT2D eigenvalue weighted by atomic mass is 10.1. The number of pyridine rings is 1. The normalized spacial score (nSPS) is 10.7. The van der Waals surface area contributed by atoms with E-state index in [1.54, 1.807) is 31.6 Å². The Hall–Kier alpha value is -4.45. The van der Waals surface area contributed by atoms with E-state index < -0.39 is 0 Å². The number of nitrogens with zero attached hydrogens (tertiary/aromatic N) is 4. The fraction of sp³-hybridized carbons (Fsp3) is 0.174. The molecule has 0 fully saturated rings. The van der Waals surface area contributed by atoms with Crippen LogP contribution >= 0.6 is 0 Å². The van der Waals surface area contributed by atoms with Crippen molar-refractivity contribution in [3.8, 4) is 11.3 Å². The van der Waals surface area contributed by atoms with Crippen molar-refractivity contribution in [1.82, 2.24) is 25.3 Å². The molecule has 4 rings (SSSR count). The van der Waals surface area contributed by atoms with Crippen LogP contribution in [0, 0.1) is 6.57 Å². The number of fused-ring (bicyclic) bond motifs is 1. The first-order chi connectivity index (χ1) is 15.5. The number of amides is 1. The second kappa shape index (κ2) is 8.73. The molecule has 3 aromatic heterocycles. The van der Waals surface area contributed by atoms with Gasteiger partial charge in [-0.2, -0.15) is 0 Å². The summed E-state index contributed by atoms with van der Waals surface area (Å²) in [4.78, 5) is 32.0. The van der Waals surface area contributed by atoms with Gasteiger partial charge in [0.2, 0.25) is 11.6 Å². The number of anilines is 3. The molecule has 1 aromatic carbocycles. The quantitative estimate of drug-likeness (QED) is 0.338. The molecule has 4 aromatic rings. The molecule has 0 aliphatic rings. The zero-order valence-electron chi connectivity index (χ0n) is 17.9. The van der Waals surface area contributed by atoms with Crippen molar-refractivity contribution in [3.05, 3.63) is 65.9 Å². The number of nitrogens with one attached hydrogen (secondary N) is 4. The molecule has 3 heterocycles. The fourth-order valence-electron chi connectivity index (χ4n) is 3.30. The highest BCUT2D eigenvalue weighted by Gasteiger charge is 2.16. The number of aromatic amines is 1. The van der Waals surface area contributed by atoms with E-state index in [2.05, 4.69) is 40.7 Å². The second-order valence-corrected chi connectivity index (χ2v) is 7.45. The van der Waals surface area contributed by atoms with Crippen molar-refractivity contribution < 1.29 is 4.79 Å². The number of H-pyrrole nitrogens is 1. The maximum Gasteiger partial charge on any atom is 0.251 e. The predicted octanol–water partition coefficient (Wildman–Crippen LogP) is 4.49. The molecule has 0 saturated heterocycles. The minimum Gasteiger partial charge on any atom is -0.355 e. The first-order valence-corrected chi connectivity index (χ1v) is 10.1. The molecule has 0 spiro atoms. The SMILES string of the molecule is [C-]#[N+]c1cnc(NC(C)C)nc1-c1c[nH]c2ncc(Nc3cccc(C(=O)NC)c3)cc12. The lowest BCUT2D eigenvalue weighted by Gasteiger charge is -2.11. The van der Waals surface area contributed by atoms with Gasteiger partial charge < -0.3 is 20.9 Å². The number of rotatable bonds is 6. The molecule has 0 bridgehead atoms. The summed E-state index contributed by atoms with van der Waals surface area (Å²) in [7, 11) is 1.60. The van der Waals surface area contributed by atoms with Crippen LogP contribution < -0.4 is 16.0 Å². The van der Waals surface area contributed by atoms with Crippen LogP contribution in [0.3, 0.4) is 0 Å². The third-order valence-electron chi connectivity index (χ3n) is 4.73. The van der Waals surface area contributed by atoms with E-state index in [9.17, 15) is 4.79 Å².